The number of pyridine rings is 1. The van der Waals surface area contributed by atoms with E-state index in [1.165, 1.54) is 16.6 Å². The summed E-state index contributed by atoms with van der Waals surface area (Å²) < 4.78 is 0. The number of carbonyl (C=O) groups is 1. The van der Waals surface area contributed by atoms with Crippen molar-refractivity contribution in [2.75, 3.05) is 63.6 Å². The number of fused-ring (bicyclic) bond motifs is 1. The van der Waals surface area contributed by atoms with Crippen LogP contribution in [0.3, 0.4) is 0 Å². The molecular weight excluding hydrogens is 469 g/mol. The van der Waals surface area contributed by atoms with E-state index in [1.807, 2.05) is 13.0 Å². The number of hydrogen-bond donors (Lipinski definition) is 1. The lowest BCUT2D eigenvalue weighted by molar-refractivity contribution is -0.126. The Hall–Kier alpha value is -2.54. The highest BCUT2D eigenvalue weighted by Crippen LogP contribution is 2.27. The van der Waals surface area contributed by atoms with Crippen LogP contribution < -0.4 is 10.2 Å². The zero-order valence-corrected chi connectivity index (χ0v) is 21.8. The molecule has 34 heavy (non-hydrogen) atoms. The largest absolute Gasteiger partial charge is 0.376 e. The van der Waals surface area contributed by atoms with Crippen LogP contribution >= 0.6 is 24.8 Å². The lowest BCUT2D eigenvalue weighted by Gasteiger charge is -2.36. The minimum atomic E-state index is 0. The van der Waals surface area contributed by atoms with Crippen LogP contribution in [0.4, 0.5) is 11.4 Å². The molecule has 1 fully saturated rings. The average molecular weight is 505 g/mol. The number of hydrogen-bond acceptors (Lipinski definition) is 5. The Labute approximate surface area is 215 Å². The van der Waals surface area contributed by atoms with E-state index in [9.17, 15) is 4.79 Å². The predicted molar refractivity (Wildman–Crippen MR) is 147 cm³/mol. The van der Waals surface area contributed by atoms with Crippen molar-refractivity contribution in [3.05, 3.63) is 65.9 Å². The van der Waals surface area contributed by atoms with Crippen LogP contribution in [0.25, 0.3) is 10.9 Å². The standard InChI is InChI=1S/C26H33N5O.2ClH/c1-20-10-11-23-24(28-20)8-5-9-25(23)31-16-14-30(15-17-31)13-12-21-6-4-7-22(18-21)27-19-26(32)29(2)3;;/h4-11,18,27H,12-17,19H2,1-3H3;2*1H. The number of benzene rings is 2. The summed E-state index contributed by atoms with van der Waals surface area (Å²) in [5.41, 5.74) is 5.72. The quantitative estimate of drug-likeness (QED) is 0.522. The molecule has 0 spiro atoms. The molecule has 0 aliphatic carbocycles. The number of amides is 1. The van der Waals surface area contributed by atoms with Crippen molar-refractivity contribution >= 4 is 53.0 Å². The number of rotatable bonds is 7. The molecule has 4 rings (SSSR count). The third-order valence-electron chi connectivity index (χ3n) is 6.15. The second-order valence-corrected chi connectivity index (χ2v) is 8.72. The normalized spacial score (nSPS) is 13.7. The molecule has 0 bridgehead atoms. The van der Waals surface area contributed by atoms with Gasteiger partial charge in [0.1, 0.15) is 0 Å². The number of likely N-dealkylation sites (N-methyl/N-ethyl adjacent to an activating group) is 1. The Kier molecular flexibility index (Phi) is 10.4. The molecule has 8 heteroatoms. The lowest BCUT2D eigenvalue weighted by Crippen LogP contribution is -2.47. The van der Waals surface area contributed by atoms with Crippen LogP contribution in [0.15, 0.2) is 54.6 Å². The highest BCUT2D eigenvalue weighted by atomic mass is 35.5. The van der Waals surface area contributed by atoms with Crippen molar-refractivity contribution in [2.45, 2.75) is 13.3 Å². The van der Waals surface area contributed by atoms with Gasteiger partial charge in [0.15, 0.2) is 0 Å². The average Bonchev–Trinajstić information content (AvgIpc) is 2.81. The predicted octanol–water partition coefficient (Wildman–Crippen LogP) is 4.25. The maximum atomic E-state index is 11.8. The topological polar surface area (TPSA) is 51.7 Å². The molecule has 3 aromatic rings. The number of aryl methyl sites for hydroxylation is 1. The van der Waals surface area contributed by atoms with Crippen LogP contribution in [0.5, 0.6) is 0 Å². The first-order chi connectivity index (χ1) is 15.5. The summed E-state index contributed by atoms with van der Waals surface area (Å²) >= 11 is 0. The van der Waals surface area contributed by atoms with Gasteiger partial charge in [-0.15, -0.1) is 24.8 Å². The minimum absolute atomic E-state index is 0. The SMILES string of the molecule is Cc1ccc2c(N3CCN(CCc4cccc(NCC(=O)N(C)C)c4)CC3)cccc2n1.Cl.Cl. The smallest absolute Gasteiger partial charge is 0.241 e. The number of piperazine rings is 1. The van der Waals surface area contributed by atoms with Gasteiger partial charge in [-0.3, -0.25) is 14.7 Å². The van der Waals surface area contributed by atoms with Crippen molar-refractivity contribution in [2.24, 2.45) is 0 Å². The molecule has 0 unspecified atom stereocenters. The molecule has 1 saturated heterocycles. The second kappa shape index (κ2) is 12.8. The molecule has 1 aliphatic rings. The van der Waals surface area contributed by atoms with Gasteiger partial charge in [0.25, 0.3) is 0 Å². The molecule has 0 saturated carbocycles. The highest BCUT2D eigenvalue weighted by Gasteiger charge is 2.18. The molecular formula is C26H35Cl2N5O. The van der Waals surface area contributed by atoms with Crippen molar-refractivity contribution < 1.29 is 4.79 Å². The third-order valence-corrected chi connectivity index (χ3v) is 6.15. The number of nitrogens with zero attached hydrogens (tertiary/aromatic N) is 4. The van der Waals surface area contributed by atoms with Gasteiger partial charge in [-0.1, -0.05) is 18.2 Å². The molecule has 0 atom stereocenters. The summed E-state index contributed by atoms with van der Waals surface area (Å²) in [7, 11) is 3.55. The minimum Gasteiger partial charge on any atom is -0.376 e. The van der Waals surface area contributed by atoms with Gasteiger partial charge in [-0.25, -0.2) is 0 Å². The third kappa shape index (κ3) is 6.98. The molecule has 1 amide bonds. The zero-order chi connectivity index (χ0) is 22.5. The summed E-state index contributed by atoms with van der Waals surface area (Å²) in [4.78, 5) is 23.1. The molecule has 1 N–H and O–H groups in total. The summed E-state index contributed by atoms with van der Waals surface area (Å²) in [5, 5.41) is 4.47. The van der Waals surface area contributed by atoms with Crippen molar-refractivity contribution in [1.29, 1.82) is 0 Å². The first kappa shape index (κ1) is 27.7. The molecule has 1 aliphatic heterocycles. The Morgan fingerprint density at radius 1 is 1.00 bits per heavy atom. The van der Waals surface area contributed by atoms with E-state index < -0.39 is 0 Å². The van der Waals surface area contributed by atoms with Gasteiger partial charge in [0.05, 0.1) is 12.1 Å². The van der Waals surface area contributed by atoms with Crippen LogP contribution in [-0.4, -0.2) is 74.1 Å². The fourth-order valence-corrected chi connectivity index (χ4v) is 4.19. The molecule has 2 heterocycles. The van der Waals surface area contributed by atoms with Crippen LogP contribution in [0, 0.1) is 6.92 Å². The number of anilines is 2. The number of halogens is 2. The molecule has 184 valence electrons. The van der Waals surface area contributed by atoms with Gasteiger partial charge >= 0.3 is 0 Å². The zero-order valence-electron chi connectivity index (χ0n) is 20.2. The maximum Gasteiger partial charge on any atom is 0.241 e. The van der Waals surface area contributed by atoms with Crippen LogP contribution in [-0.2, 0) is 11.2 Å². The van der Waals surface area contributed by atoms with Gasteiger partial charge in [-0.2, -0.15) is 0 Å². The summed E-state index contributed by atoms with van der Waals surface area (Å²) in [6, 6.07) is 19.1. The highest BCUT2D eigenvalue weighted by molar-refractivity contribution is 5.92. The van der Waals surface area contributed by atoms with Crippen molar-refractivity contribution in [3.8, 4) is 0 Å². The second-order valence-electron chi connectivity index (χ2n) is 8.72. The first-order valence-electron chi connectivity index (χ1n) is 11.4. The fraction of sp³-hybridized carbons (Fsp3) is 0.385. The van der Waals surface area contributed by atoms with E-state index in [1.54, 1.807) is 19.0 Å². The van der Waals surface area contributed by atoms with Crippen LogP contribution in [0.2, 0.25) is 0 Å². The molecule has 2 aromatic carbocycles. The number of carbonyl (C=O) groups excluding carboxylic acids is 1. The summed E-state index contributed by atoms with van der Waals surface area (Å²) in [6.07, 6.45) is 1.01. The van der Waals surface area contributed by atoms with E-state index in [0.29, 0.717) is 6.54 Å². The van der Waals surface area contributed by atoms with E-state index in [4.69, 9.17) is 0 Å². The van der Waals surface area contributed by atoms with Crippen LogP contribution in [0.1, 0.15) is 11.3 Å². The molecule has 0 radical (unpaired) electrons. The summed E-state index contributed by atoms with van der Waals surface area (Å²) in [5.74, 6) is 0.0744. The monoisotopic (exact) mass is 503 g/mol. The van der Waals surface area contributed by atoms with Gasteiger partial charge in [-0.05, 0) is 55.3 Å². The van der Waals surface area contributed by atoms with E-state index >= 15 is 0 Å². The maximum absolute atomic E-state index is 11.8. The fourth-order valence-electron chi connectivity index (χ4n) is 4.19. The number of aromatic nitrogens is 1. The Bertz CT molecular complexity index is 1080. The van der Waals surface area contributed by atoms with Crippen molar-refractivity contribution in [3.63, 3.8) is 0 Å². The lowest BCUT2D eigenvalue weighted by atomic mass is 10.1. The summed E-state index contributed by atoms with van der Waals surface area (Å²) in [6.45, 7) is 7.59. The van der Waals surface area contributed by atoms with Gasteiger partial charge in [0.2, 0.25) is 5.91 Å². The Morgan fingerprint density at radius 2 is 1.74 bits per heavy atom. The molecule has 6 nitrogen and oxygen atoms in total. The molecule has 1 aromatic heterocycles. The first-order valence-corrected chi connectivity index (χ1v) is 11.4. The van der Waals surface area contributed by atoms with Gasteiger partial charge < -0.3 is 15.1 Å². The Balaban J connectivity index is 0.00000204. The Morgan fingerprint density at radius 3 is 2.47 bits per heavy atom. The van der Waals surface area contributed by atoms with E-state index in [0.717, 1.165) is 56.0 Å². The van der Waals surface area contributed by atoms with E-state index in [2.05, 4.69) is 68.6 Å². The number of nitrogens with one attached hydrogen (secondary N) is 1. The van der Waals surface area contributed by atoms with Crippen molar-refractivity contribution in [1.82, 2.24) is 14.8 Å². The van der Waals surface area contributed by atoms with E-state index in [-0.39, 0.29) is 30.7 Å². The van der Waals surface area contributed by atoms with Gasteiger partial charge in [0, 0.05) is 69.3 Å².